The largest absolute Gasteiger partial charge is 0.512 e. The van der Waals surface area contributed by atoms with Crippen molar-refractivity contribution >= 4 is 17.5 Å². The summed E-state index contributed by atoms with van der Waals surface area (Å²) in [6.07, 6.45) is 0. The Balaban J connectivity index is 3.08. The van der Waals surface area contributed by atoms with Crippen molar-refractivity contribution in [1.82, 2.24) is 0 Å². The first-order valence-corrected chi connectivity index (χ1v) is 5.28. The number of Topliss-reactive ketones (excluding diaryl/α,β-unsaturated/α-hetero) is 1. The lowest BCUT2D eigenvalue weighted by molar-refractivity contribution is -0.113. The average molecular weight is 246 g/mol. The van der Waals surface area contributed by atoms with Gasteiger partial charge in [0.25, 0.3) is 5.91 Å². The van der Waals surface area contributed by atoms with E-state index >= 15 is 0 Å². The maximum Gasteiger partial charge on any atom is 0.278 e. The molecule has 1 aromatic carbocycles. The van der Waals surface area contributed by atoms with E-state index in [-0.39, 0.29) is 17.2 Å². The second-order valence-corrected chi connectivity index (χ2v) is 3.68. The van der Waals surface area contributed by atoms with Crippen molar-refractivity contribution in [2.75, 3.05) is 0 Å². The van der Waals surface area contributed by atoms with Gasteiger partial charge in [0.1, 0.15) is 11.6 Å². The number of amidine groups is 1. The minimum absolute atomic E-state index is 0.140. The molecule has 5 nitrogen and oxygen atoms in total. The molecule has 0 saturated carbocycles. The molecule has 1 amide bonds. The van der Waals surface area contributed by atoms with Gasteiger partial charge in [0, 0.05) is 5.56 Å². The molecule has 0 aliphatic carbocycles. The fraction of sp³-hybridized carbons (Fsp3) is 0.154. The monoisotopic (exact) mass is 246 g/mol. The van der Waals surface area contributed by atoms with E-state index in [4.69, 9.17) is 5.73 Å². The van der Waals surface area contributed by atoms with Gasteiger partial charge in [0.2, 0.25) is 0 Å². The van der Waals surface area contributed by atoms with E-state index in [0.717, 1.165) is 0 Å². The topological polar surface area (TPSA) is 92.8 Å². The number of aliphatic hydroxyl groups excluding tert-OH is 1. The van der Waals surface area contributed by atoms with E-state index in [1.165, 1.54) is 13.8 Å². The highest BCUT2D eigenvalue weighted by atomic mass is 16.3. The summed E-state index contributed by atoms with van der Waals surface area (Å²) in [5.41, 5.74) is 5.77. The third-order valence-electron chi connectivity index (χ3n) is 2.21. The molecular formula is C13H14N2O3. The van der Waals surface area contributed by atoms with Crippen molar-refractivity contribution in [3.63, 3.8) is 0 Å². The number of amides is 1. The molecule has 0 heterocycles. The quantitative estimate of drug-likeness (QED) is 0.366. The molecular weight excluding hydrogens is 232 g/mol. The summed E-state index contributed by atoms with van der Waals surface area (Å²) in [7, 11) is 0. The Morgan fingerprint density at radius 2 is 1.72 bits per heavy atom. The third-order valence-corrected chi connectivity index (χ3v) is 2.21. The molecule has 1 rings (SSSR count). The summed E-state index contributed by atoms with van der Waals surface area (Å²) >= 11 is 0. The Morgan fingerprint density at radius 3 is 2.17 bits per heavy atom. The highest BCUT2D eigenvalue weighted by Gasteiger charge is 2.14. The number of hydrogen-bond donors (Lipinski definition) is 2. The van der Waals surface area contributed by atoms with Crippen molar-refractivity contribution in [3.05, 3.63) is 47.2 Å². The molecule has 5 heteroatoms. The van der Waals surface area contributed by atoms with E-state index in [9.17, 15) is 14.7 Å². The minimum atomic E-state index is -0.562. The fourth-order valence-electron chi connectivity index (χ4n) is 1.43. The molecule has 0 saturated heterocycles. The normalized spacial score (nSPS) is 12.9. The van der Waals surface area contributed by atoms with Gasteiger partial charge in [0.05, 0.1) is 5.57 Å². The average Bonchev–Trinajstić information content (AvgIpc) is 2.28. The minimum Gasteiger partial charge on any atom is -0.512 e. The molecule has 0 fully saturated rings. The third kappa shape index (κ3) is 3.28. The molecule has 0 atom stereocenters. The second kappa shape index (κ2) is 5.77. The zero-order chi connectivity index (χ0) is 13.7. The lowest BCUT2D eigenvalue weighted by atomic mass is 10.1. The lowest BCUT2D eigenvalue weighted by Gasteiger charge is -2.04. The van der Waals surface area contributed by atoms with Crippen LogP contribution in [0.4, 0.5) is 0 Å². The molecule has 0 radical (unpaired) electrons. The van der Waals surface area contributed by atoms with Crippen LogP contribution in [0.15, 0.2) is 46.7 Å². The standard InChI is InChI=1S/C13H14N2O3/c1-8(16)11(9(2)17)12(14)15-13(18)10-6-4-3-5-7-10/h3-7,16H,1-2H3,(H2,14,15,18). The maximum absolute atomic E-state index is 11.7. The van der Waals surface area contributed by atoms with Gasteiger partial charge in [-0.05, 0) is 26.0 Å². The molecule has 0 aliphatic heterocycles. The summed E-state index contributed by atoms with van der Waals surface area (Å²) in [5.74, 6) is -1.55. The van der Waals surface area contributed by atoms with Gasteiger partial charge < -0.3 is 10.8 Å². The summed E-state index contributed by atoms with van der Waals surface area (Å²) in [5, 5.41) is 9.32. The molecule has 94 valence electrons. The predicted molar refractivity (Wildman–Crippen MR) is 68.4 cm³/mol. The Hall–Kier alpha value is -2.43. The molecule has 1 aromatic rings. The lowest BCUT2D eigenvalue weighted by Crippen LogP contribution is -2.23. The van der Waals surface area contributed by atoms with E-state index < -0.39 is 11.7 Å². The number of nitrogens with two attached hydrogens (primary N) is 1. The van der Waals surface area contributed by atoms with Crippen molar-refractivity contribution in [2.24, 2.45) is 10.7 Å². The van der Waals surface area contributed by atoms with Crippen molar-refractivity contribution in [2.45, 2.75) is 13.8 Å². The van der Waals surface area contributed by atoms with Crippen molar-refractivity contribution < 1.29 is 14.7 Å². The number of rotatable bonds is 3. The van der Waals surface area contributed by atoms with Gasteiger partial charge in [-0.1, -0.05) is 18.2 Å². The zero-order valence-electron chi connectivity index (χ0n) is 10.2. The van der Waals surface area contributed by atoms with Gasteiger partial charge in [-0.25, -0.2) is 0 Å². The Labute approximate surface area is 105 Å². The molecule has 0 bridgehead atoms. The Morgan fingerprint density at radius 1 is 1.17 bits per heavy atom. The van der Waals surface area contributed by atoms with Crippen LogP contribution in [-0.2, 0) is 4.79 Å². The van der Waals surface area contributed by atoms with Gasteiger partial charge in [0.15, 0.2) is 5.78 Å². The van der Waals surface area contributed by atoms with Crippen LogP contribution in [0.25, 0.3) is 0 Å². The first kappa shape index (κ1) is 13.6. The van der Waals surface area contributed by atoms with Crippen LogP contribution >= 0.6 is 0 Å². The summed E-state index contributed by atoms with van der Waals surface area (Å²) in [6, 6.07) is 8.32. The Bertz CT molecular complexity index is 526. The van der Waals surface area contributed by atoms with Crippen LogP contribution in [0, 0.1) is 0 Å². The molecule has 0 spiro atoms. The van der Waals surface area contributed by atoms with Gasteiger partial charge in [-0.3, -0.25) is 9.59 Å². The van der Waals surface area contributed by atoms with Crippen LogP contribution in [-0.4, -0.2) is 22.6 Å². The summed E-state index contributed by atoms with van der Waals surface area (Å²) < 4.78 is 0. The first-order chi connectivity index (χ1) is 8.43. The zero-order valence-corrected chi connectivity index (χ0v) is 10.2. The van der Waals surface area contributed by atoms with E-state index in [1.54, 1.807) is 30.3 Å². The number of carbonyl (C=O) groups excluding carboxylic acids is 2. The van der Waals surface area contributed by atoms with Crippen LogP contribution in [0.5, 0.6) is 0 Å². The second-order valence-electron chi connectivity index (χ2n) is 3.68. The first-order valence-electron chi connectivity index (χ1n) is 5.28. The van der Waals surface area contributed by atoms with Crippen molar-refractivity contribution in [3.8, 4) is 0 Å². The number of allylic oxidation sites excluding steroid dienone is 1. The maximum atomic E-state index is 11.7. The summed E-state index contributed by atoms with van der Waals surface area (Å²) in [6.45, 7) is 2.55. The van der Waals surface area contributed by atoms with E-state index in [1.807, 2.05) is 0 Å². The highest BCUT2D eigenvalue weighted by molar-refractivity contribution is 6.23. The number of hydrogen-bond acceptors (Lipinski definition) is 3. The number of aliphatic imine (C=N–C) groups is 1. The smallest absolute Gasteiger partial charge is 0.278 e. The molecule has 0 unspecified atom stereocenters. The van der Waals surface area contributed by atoms with E-state index in [2.05, 4.69) is 4.99 Å². The predicted octanol–water partition coefficient (Wildman–Crippen LogP) is 1.60. The van der Waals surface area contributed by atoms with Crippen molar-refractivity contribution in [1.29, 1.82) is 0 Å². The molecule has 0 aliphatic rings. The van der Waals surface area contributed by atoms with Gasteiger partial charge in [-0.2, -0.15) is 4.99 Å². The fourth-order valence-corrected chi connectivity index (χ4v) is 1.43. The van der Waals surface area contributed by atoms with Crippen LogP contribution in [0.2, 0.25) is 0 Å². The van der Waals surface area contributed by atoms with Crippen LogP contribution < -0.4 is 5.73 Å². The number of ketones is 1. The molecule has 18 heavy (non-hydrogen) atoms. The molecule has 0 aromatic heterocycles. The number of aliphatic hydroxyl groups is 1. The SMILES string of the molecule is CC(=O)C(C(N)=NC(=O)c1ccccc1)=C(C)O. The summed E-state index contributed by atoms with van der Waals surface area (Å²) in [4.78, 5) is 26.6. The van der Waals surface area contributed by atoms with Gasteiger partial charge in [-0.15, -0.1) is 0 Å². The number of benzene rings is 1. The van der Waals surface area contributed by atoms with Gasteiger partial charge >= 0.3 is 0 Å². The molecule has 3 N–H and O–H groups in total. The Kier molecular flexibility index (Phi) is 4.37. The number of nitrogens with zero attached hydrogens (tertiary/aromatic N) is 1. The van der Waals surface area contributed by atoms with Crippen LogP contribution in [0.1, 0.15) is 24.2 Å². The van der Waals surface area contributed by atoms with Crippen LogP contribution in [0.3, 0.4) is 0 Å². The highest BCUT2D eigenvalue weighted by Crippen LogP contribution is 2.06. The number of carbonyl (C=O) groups is 2. The van der Waals surface area contributed by atoms with E-state index in [0.29, 0.717) is 5.56 Å².